The molecule has 0 spiro atoms. The van der Waals surface area contributed by atoms with Crippen molar-refractivity contribution in [3.05, 3.63) is 65.8 Å². The molecule has 1 aromatic heterocycles. The van der Waals surface area contributed by atoms with Crippen LogP contribution in [-0.2, 0) is 11.3 Å². The third-order valence-corrected chi connectivity index (χ3v) is 5.78. The average molecular weight is 415 g/mol. The van der Waals surface area contributed by atoms with Crippen LogP contribution in [0.2, 0.25) is 0 Å². The second-order valence-electron chi connectivity index (χ2n) is 8.02. The summed E-state index contributed by atoms with van der Waals surface area (Å²) in [7, 11) is 0. The van der Waals surface area contributed by atoms with E-state index in [4.69, 9.17) is 0 Å². The number of allylic oxidation sites excluding steroid dienone is 1. The van der Waals surface area contributed by atoms with E-state index in [1.165, 1.54) is 21.9 Å². The van der Waals surface area contributed by atoms with Crippen molar-refractivity contribution >= 4 is 17.4 Å². The Morgan fingerprint density at radius 1 is 1.13 bits per heavy atom. The summed E-state index contributed by atoms with van der Waals surface area (Å²) < 4.78 is 15.3. The number of halogens is 1. The molecule has 3 rings (SSSR count). The third-order valence-electron chi connectivity index (χ3n) is 5.78. The molecule has 30 heavy (non-hydrogen) atoms. The number of aromatic nitrogens is 1. The molecule has 3 N–H and O–H groups in total. The summed E-state index contributed by atoms with van der Waals surface area (Å²) in [5.41, 5.74) is 3.34. The zero-order valence-electron chi connectivity index (χ0n) is 17.8. The minimum absolute atomic E-state index is 0.121. The monoisotopic (exact) mass is 414 g/mol. The largest absolute Gasteiger partial charge is 0.345 e. The van der Waals surface area contributed by atoms with Gasteiger partial charge in [0, 0.05) is 29.2 Å². The molecule has 2 aromatic rings. The fourth-order valence-corrected chi connectivity index (χ4v) is 4.12. The van der Waals surface area contributed by atoms with Gasteiger partial charge in [0.25, 0.3) is 5.91 Å². The number of rotatable bonds is 8. The summed E-state index contributed by atoms with van der Waals surface area (Å²) in [6, 6.07) is 7.88. The zero-order valence-corrected chi connectivity index (χ0v) is 17.8. The number of anilines is 1. The molecule has 0 atom stereocenters. The van der Waals surface area contributed by atoms with Crippen LogP contribution in [-0.4, -0.2) is 55.5 Å². The van der Waals surface area contributed by atoms with Crippen LogP contribution in [0.3, 0.4) is 0 Å². The molecular weight excluding hydrogens is 383 g/mol. The van der Waals surface area contributed by atoms with E-state index in [0.29, 0.717) is 25.3 Å². The first-order valence-corrected chi connectivity index (χ1v) is 10.4. The van der Waals surface area contributed by atoms with Crippen LogP contribution in [0.5, 0.6) is 0 Å². The van der Waals surface area contributed by atoms with E-state index in [2.05, 4.69) is 16.5 Å². The number of benzene rings is 1. The van der Waals surface area contributed by atoms with Gasteiger partial charge >= 0.3 is 0 Å². The molecular formula is C23H31FN4O2+2. The number of hydrogen-bond acceptors (Lipinski definition) is 2. The van der Waals surface area contributed by atoms with Crippen LogP contribution in [0.25, 0.3) is 0 Å². The van der Waals surface area contributed by atoms with Gasteiger partial charge in [0.1, 0.15) is 38.5 Å². The van der Waals surface area contributed by atoms with Gasteiger partial charge in [-0.2, -0.15) is 0 Å². The molecule has 1 aliphatic rings. The topological polar surface area (TPSA) is 60.0 Å². The normalized spacial score (nSPS) is 18.8. The van der Waals surface area contributed by atoms with Gasteiger partial charge in [-0.05, 0) is 38.1 Å². The van der Waals surface area contributed by atoms with Gasteiger partial charge in [-0.3, -0.25) is 9.59 Å². The van der Waals surface area contributed by atoms with E-state index >= 15 is 0 Å². The van der Waals surface area contributed by atoms with Crippen LogP contribution >= 0.6 is 0 Å². The highest BCUT2D eigenvalue weighted by atomic mass is 19.1. The number of ketones is 1. The average Bonchev–Trinajstić information content (AvgIpc) is 2.98. The van der Waals surface area contributed by atoms with E-state index in [1.54, 1.807) is 12.1 Å². The predicted molar refractivity (Wildman–Crippen MR) is 115 cm³/mol. The second kappa shape index (κ2) is 9.82. The summed E-state index contributed by atoms with van der Waals surface area (Å²) in [5, 5.41) is 2.75. The van der Waals surface area contributed by atoms with Crippen molar-refractivity contribution in [3.63, 3.8) is 0 Å². The summed E-state index contributed by atoms with van der Waals surface area (Å²) in [4.78, 5) is 27.5. The molecule has 1 amide bonds. The molecule has 1 saturated heterocycles. The lowest BCUT2D eigenvalue weighted by atomic mass is 10.1. The van der Waals surface area contributed by atoms with Gasteiger partial charge in [-0.25, -0.2) is 4.39 Å². The highest BCUT2D eigenvalue weighted by Crippen LogP contribution is 2.15. The summed E-state index contributed by atoms with van der Waals surface area (Å²) in [5.74, 6) is -0.321. The Kier molecular flexibility index (Phi) is 7.18. The Balaban J connectivity index is 1.47. The molecule has 1 aromatic carbocycles. The number of aryl methyl sites for hydroxylation is 1. The lowest BCUT2D eigenvalue weighted by molar-refractivity contribution is -1.00. The number of carbonyl (C=O) groups is 2. The van der Waals surface area contributed by atoms with Crippen LogP contribution < -0.4 is 15.1 Å². The van der Waals surface area contributed by atoms with Crippen molar-refractivity contribution in [2.24, 2.45) is 0 Å². The molecule has 2 heterocycles. The van der Waals surface area contributed by atoms with Gasteiger partial charge in [0.2, 0.25) is 5.78 Å². The van der Waals surface area contributed by atoms with Crippen molar-refractivity contribution in [3.8, 4) is 0 Å². The minimum atomic E-state index is -0.368. The number of nitrogens with zero attached hydrogens (tertiary/aromatic N) is 1. The van der Waals surface area contributed by atoms with Gasteiger partial charge in [-0.1, -0.05) is 12.1 Å². The molecule has 160 valence electrons. The lowest BCUT2D eigenvalue weighted by Gasteiger charge is -2.29. The van der Waals surface area contributed by atoms with Crippen molar-refractivity contribution in [1.82, 2.24) is 4.57 Å². The van der Waals surface area contributed by atoms with Crippen LogP contribution in [0, 0.1) is 19.7 Å². The number of Topliss-reactive ketones (excluding diaryl/α,β-unsaturated/α-hetero) is 1. The number of amides is 1. The first-order chi connectivity index (χ1) is 14.4. The third kappa shape index (κ3) is 5.43. The number of quaternary nitrogens is 2. The summed E-state index contributed by atoms with van der Waals surface area (Å²) in [6.07, 6.45) is 1.84. The fraction of sp³-hybridized carbons (Fsp3) is 0.391. The quantitative estimate of drug-likeness (QED) is 0.422. The Bertz CT molecular complexity index is 929. The number of carbonyl (C=O) groups excluding carboxylic acids is 2. The predicted octanol–water partition coefficient (Wildman–Crippen LogP) is 0.0348. The summed E-state index contributed by atoms with van der Waals surface area (Å²) in [6.45, 7) is 12.7. The lowest BCUT2D eigenvalue weighted by Crippen LogP contribution is -3.28. The number of piperazine rings is 1. The number of nitrogens with one attached hydrogen (secondary N) is 3. The van der Waals surface area contributed by atoms with Gasteiger partial charge in [-0.15, -0.1) is 6.58 Å². The maximum absolute atomic E-state index is 13.2. The first-order valence-electron chi connectivity index (χ1n) is 10.4. The molecule has 7 heteroatoms. The molecule has 6 nitrogen and oxygen atoms in total. The van der Waals surface area contributed by atoms with Crippen LogP contribution in [0.1, 0.15) is 21.7 Å². The Hall–Kier alpha value is -2.77. The zero-order chi connectivity index (χ0) is 21.7. The van der Waals surface area contributed by atoms with E-state index in [-0.39, 0.29) is 17.5 Å². The maximum atomic E-state index is 13.2. The second-order valence-corrected chi connectivity index (χ2v) is 8.02. The molecule has 0 saturated carbocycles. The van der Waals surface area contributed by atoms with Crippen LogP contribution in [0.15, 0.2) is 43.0 Å². The number of hydrogen-bond donors (Lipinski definition) is 3. The van der Waals surface area contributed by atoms with E-state index in [9.17, 15) is 14.0 Å². The van der Waals surface area contributed by atoms with Crippen molar-refractivity contribution in [1.29, 1.82) is 0 Å². The highest BCUT2D eigenvalue weighted by molar-refractivity contribution is 5.98. The SMILES string of the molecule is C=CCn1c(C)cc(C(=O)C[NH+]2CC[NH+](CC(=O)Nc3cccc(F)c3)CC2)c1C. The van der Waals surface area contributed by atoms with Gasteiger partial charge in [0.15, 0.2) is 6.54 Å². The minimum Gasteiger partial charge on any atom is -0.345 e. The molecule has 1 aliphatic heterocycles. The maximum Gasteiger partial charge on any atom is 0.279 e. The van der Waals surface area contributed by atoms with Gasteiger partial charge in [0.05, 0.1) is 0 Å². The Morgan fingerprint density at radius 2 is 1.80 bits per heavy atom. The van der Waals surface area contributed by atoms with E-state index in [0.717, 1.165) is 43.1 Å². The smallest absolute Gasteiger partial charge is 0.279 e. The standard InChI is InChI=1S/C23H29FN4O2/c1-4-8-28-17(2)13-21(18(28)3)22(29)15-26-9-11-27(12-10-26)16-23(30)25-20-7-5-6-19(24)14-20/h4-7,13-14H,1,8-12,15-16H2,2-3H3,(H,25,30)/p+2. The van der Waals surface area contributed by atoms with Crippen molar-refractivity contribution in [2.75, 3.05) is 44.6 Å². The first kappa shape index (κ1) is 21.9. The van der Waals surface area contributed by atoms with E-state index in [1.807, 2.05) is 26.0 Å². The van der Waals surface area contributed by atoms with Gasteiger partial charge < -0.3 is 19.7 Å². The fourth-order valence-electron chi connectivity index (χ4n) is 4.12. The molecule has 0 radical (unpaired) electrons. The van der Waals surface area contributed by atoms with E-state index < -0.39 is 0 Å². The van der Waals surface area contributed by atoms with Crippen molar-refractivity contribution < 1.29 is 23.8 Å². The molecule has 0 bridgehead atoms. The Morgan fingerprint density at radius 3 is 2.43 bits per heavy atom. The molecule has 0 aliphatic carbocycles. The molecule has 0 unspecified atom stereocenters. The Labute approximate surface area is 177 Å². The molecule has 1 fully saturated rings. The summed E-state index contributed by atoms with van der Waals surface area (Å²) >= 11 is 0. The van der Waals surface area contributed by atoms with Crippen LogP contribution in [0.4, 0.5) is 10.1 Å². The highest BCUT2D eigenvalue weighted by Gasteiger charge is 2.27. The van der Waals surface area contributed by atoms with Crippen molar-refractivity contribution in [2.45, 2.75) is 20.4 Å².